The van der Waals surface area contributed by atoms with Crippen molar-refractivity contribution in [3.05, 3.63) is 90.5 Å². The van der Waals surface area contributed by atoms with Gasteiger partial charge < -0.3 is 29.7 Å². The summed E-state index contributed by atoms with van der Waals surface area (Å²) in [7, 11) is 0. The van der Waals surface area contributed by atoms with Crippen LogP contribution in [0.3, 0.4) is 0 Å². The Labute approximate surface area is 295 Å². The number of likely N-dealkylation sites (tertiary alicyclic amines) is 1. The Hall–Kier alpha value is -4.28. The summed E-state index contributed by atoms with van der Waals surface area (Å²) in [6.45, 7) is 16.9. The summed E-state index contributed by atoms with van der Waals surface area (Å²) >= 11 is 0. The zero-order valence-electron chi connectivity index (χ0n) is 29.8. The highest BCUT2D eigenvalue weighted by molar-refractivity contribution is 6.05. The summed E-state index contributed by atoms with van der Waals surface area (Å²) in [6.07, 6.45) is 3.46. The molecule has 2 N–H and O–H groups in total. The lowest BCUT2D eigenvalue weighted by atomic mass is 9.70. The predicted octanol–water partition coefficient (Wildman–Crippen LogP) is 4.97. The normalized spacial score (nSPS) is 25.5. The Morgan fingerprint density at radius 1 is 1.12 bits per heavy atom. The van der Waals surface area contributed by atoms with Gasteiger partial charge in [-0.05, 0) is 68.7 Å². The molecule has 3 fully saturated rings. The number of allylic oxidation sites excluding steroid dienone is 1. The van der Waals surface area contributed by atoms with Crippen LogP contribution in [0.5, 0.6) is 0 Å². The van der Waals surface area contributed by atoms with Crippen LogP contribution < -0.4 is 10.2 Å². The van der Waals surface area contributed by atoms with Gasteiger partial charge in [-0.15, -0.1) is 13.2 Å². The lowest BCUT2D eigenvalue weighted by Crippen LogP contribution is -2.60. The van der Waals surface area contributed by atoms with E-state index in [-0.39, 0.29) is 37.3 Å². The Kier molecular flexibility index (Phi) is 11.3. The van der Waals surface area contributed by atoms with Crippen molar-refractivity contribution in [1.82, 2.24) is 10.2 Å². The fourth-order valence-electron chi connectivity index (χ4n) is 8.15. The Balaban J connectivity index is 1.53. The zero-order chi connectivity index (χ0) is 36.3. The van der Waals surface area contributed by atoms with E-state index in [1.54, 1.807) is 24.0 Å². The molecule has 10 heteroatoms. The molecule has 50 heavy (non-hydrogen) atoms. The van der Waals surface area contributed by atoms with Gasteiger partial charge in [0.2, 0.25) is 11.8 Å². The molecule has 2 aromatic rings. The van der Waals surface area contributed by atoms with Gasteiger partial charge >= 0.3 is 5.97 Å². The number of aliphatic hydroxyl groups excluding tert-OH is 1. The van der Waals surface area contributed by atoms with Gasteiger partial charge in [0, 0.05) is 18.7 Å². The summed E-state index contributed by atoms with van der Waals surface area (Å²) in [5.74, 6) is -3.73. The second kappa shape index (κ2) is 15.3. The average Bonchev–Trinajstić information content (AvgIpc) is 3.74. The summed E-state index contributed by atoms with van der Waals surface area (Å²) < 4.78 is 13.0. The van der Waals surface area contributed by atoms with E-state index in [1.165, 1.54) is 4.90 Å². The number of carbonyl (C=O) groups excluding carboxylic acids is 4. The number of hydrogen-bond donors (Lipinski definition) is 2. The molecule has 1 spiro atoms. The molecule has 268 valence electrons. The van der Waals surface area contributed by atoms with Gasteiger partial charge in [0.05, 0.1) is 36.6 Å². The first-order valence-corrected chi connectivity index (χ1v) is 17.7. The van der Waals surface area contributed by atoms with Gasteiger partial charge in [-0.2, -0.15) is 0 Å². The molecule has 3 heterocycles. The molecule has 3 aliphatic rings. The van der Waals surface area contributed by atoms with E-state index in [2.05, 4.69) is 18.5 Å². The first-order chi connectivity index (χ1) is 23.9. The number of fused-ring (bicyclic) bond motifs is 1. The van der Waals surface area contributed by atoms with Crippen molar-refractivity contribution in [2.75, 3.05) is 18.1 Å². The maximum atomic E-state index is 15.0. The van der Waals surface area contributed by atoms with Crippen LogP contribution in [0.4, 0.5) is 5.69 Å². The van der Waals surface area contributed by atoms with Crippen LogP contribution >= 0.6 is 0 Å². The third kappa shape index (κ3) is 6.75. The van der Waals surface area contributed by atoms with Crippen molar-refractivity contribution >= 4 is 29.4 Å². The van der Waals surface area contributed by atoms with E-state index in [0.717, 1.165) is 11.1 Å². The van der Waals surface area contributed by atoms with Gasteiger partial charge in [0.1, 0.15) is 17.7 Å². The lowest BCUT2D eigenvalue weighted by Gasteiger charge is -2.40. The van der Waals surface area contributed by atoms with Crippen LogP contribution in [0, 0.1) is 31.6 Å². The summed E-state index contributed by atoms with van der Waals surface area (Å²) in [5, 5.41) is 13.6. The molecular weight excluding hydrogens is 634 g/mol. The van der Waals surface area contributed by atoms with Crippen LogP contribution in [0.1, 0.15) is 69.2 Å². The highest BCUT2D eigenvalue weighted by Crippen LogP contribution is 2.59. The lowest BCUT2D eigenvalue weighted by molar-refractivity contribution is -0.162. The van der Waals surface area contributed by atoms with Gasteiger partial charge in [-0.1, -0.05) is 68.5 Å². The number of benzene rings is 2. The van der Waals surface area contributed by atoms with Crippen LogP contribution in [0.25, 0.3) is 0 Å². The molecule has 5 rings (SSSR count). The number of nitrogens with one attached hydrogen (secondary N) is 1. The maximum absolute atomic E-state index is 15.0. The van der Waals surface area contributed by atoms with Crippen LogP contribution in [-0.2, 0) is 28.7 Å². The quantitative estimate of drug-likeness (QED) is 0.200. The van der Waals surface area contributed by atoms with Gasteiger partial charge in [0.15, 0.2) is 0 Å². The summed E-state index contributed by atoms with van der Waals surface area (Å²) in [6, 6.07) is 12.7. The van der Waals surface area contributed by atoms with Crippen molar-refractivity contribution in [1.29, 1.82) is 0 Å². The van der Waals surface area contributed by atoms with Crippen LogP contribution in [0.2, 0.25) is 0 Å². The zero-order valence-corrected chi connectivity index (χ0v) is 29.8. The molecule has 2 bridgehead atoms. The molecule has 0 aromatic heterocycles. The molecule has 0 saturated carbocycles. The molecule has 8 atom stereocenters. The van der Waals surface area contributed by atoms with Crippen molar-refractivity contribution in [3.8, 4) is 0 Å². The molecular formula is C40H51N3O7. The largest absolute Gasteiger partial charge is 0.455 e. The number of carbonyl (C=O) groups is 4. The molecule has 0 unspecified atom stereocenters. The van der Waals surface area contributed by atoms with Crippen LogP contribution in [-0.4, -0.2) is 76.7 Å². The molecule has 3 amide bonds. The molecule has 3 saturated heterocycles. The van der Waals surface area contributed by atoms with Gasteiger partial charge in [0.25, 0.3) is 5.91 Å². The number of amides is 3. The van der Waals surface area contributed by atoms with E-state index in [1.807, 2.05) is 76.2 Å². The highest BCUT2D eigenvalue weighted by atomic mass is 16.6. The topological polar surface area (TPSA) is 125 Å². The fourth-order valence-corrected chi connectivity index (χ4v) is 8.15. The third-order valence-electron chi connectivity index (χ3n) is 10.6. The SMILES string of the molecule is C=CCCC(=O)N[C@H](C)[C@@H](OC(=O)[C@@H]1[C@H]2C(=O)N([C@@H](CO)C(C)C)[C@H](C(=O)N(CC=C)c3cc(C)ccc3C)[C@]23CC[C@H]1O3)c1ccccc1. The summed E-state index contributed by atoms with van der Waals surface area (Å²) in [4.78, 5) is 60.0. The monoisotopic (exact) mass is 685 g/mol. The number of hydrogen-bond acceptors (Lipinski definition) is 7. The van der Waals surface area contributed by atoms with Crippen LogP contribution in [0.15, 0.2) is 73.8 Å². The number of ether oxygens (including phenoxy) is 2. The minimum atomic E-state index is -1.30. The Morgan fingerprint density at radius 2 is 1.84 bits per heavy atom. The minimum absolute atomic E-state index is 0.192. The van der Waals surface area contributed by atoms with E-state index >= 15 is 0 Å². The average molecular weight is 686 g/mol. The molecule has 0 radical (unpaired) electrons. The van der Waals surface area contributed by atoms with E-state index in [4.69, 9.17) is 9.47 Å². The number of nitrogens with zero attached hydrogens (tertiary/aromatic N) is 2. The molecule has 0 aliphatic carbocycles. The smallest absolute Gasteiger partial charge is 0.313 e. The first-order valence-electron chi connectivity index (χ1n) is 17.7. The van der Waals surface area contributed by atoms with Crippen molar-refractivity contribution < 1.29 is 33.8 Å². The van der Waals surface area contributed by atoms with Crippen molar-refractivity contribution in [2.45, 2.75) is 96.2 Å². The second-order valence-electron chi connectivity index (χ2n) is 14.3. The van der Waals surface area contributed by atoms with Crippen molar-refractivity contribution in [2.24, 2.45) is 17.8 Å². The van der Waals surface area contributed by atoms with Gasteiger partial charge in [-0.3, -0.25) is 19.2 Å². The van der Waals surface area contributed by atoms with E-state index in [0.29, 0.717) is 30.5 Å². The Bertz CT molecular complexity index is 1610. The van der Waals surface area contributed by atoms with Crippen molar-refractivity contribution in [3.63, 3.8) is 0 Å². The molecule has 3 aliphatic heterocycles. The number of esters is 1. The highest BCUT2D eigenvalue weighted by Gasteiger charge is 2.76. The van der Waals surface area contributed by atoms with E-state index < -0.39 is 59.6 Å². The molecule has 2 aromatic carbocycles. The number of rotatable bonds is 15. The third-order valence-corrected chi connectivity index (χ3v) is 10.6. The predicted molar refractivity (Wildman–Crippen MR) is 191 cm³/mol. The number of aliphatic hydroxyl groups is 1. The maximum Gasteiger partial charge on any atom is 0.313 e. The Morgan fingerprint density at radius 3 is 2.48 bits per heavy atom. The number of aryl methyl sites for hydroxylation is 2. The summed E-state index contributed by atoms with van der Waals surface area (Å²) in [5.41, 5.74) is 1.95. The fraction of sp³-hybridized carbons (Fsp3) is 0.500. The van der Waals surface area contributed by atoms with E-state index in [9.17, 15) is 24.3 Å². The van der Waals surface area contributed by atoms with Gasteiger partial charge in [-0.25, -0.2) is 0 Å². The number of anilines is 1. The standard InChI is InChI=1S/C40H51N3O7/c1-8-10-16-32(45)41-27(7)35(28-14-12-11-13-15-28)49-39(48)33-31-19-20-40(50-31)34(33)37(46)43(30(23-44)24(3)4)36(40)38(47)42(21-9-2)29-22-25(5)17-18-26(29)6/h8-9,11-15,17-18,22,24,27,30-31,33-36,44H,1-2,10,16,19-21,23H2,3-7H3,(H,41,45)/t27-,30+,31-,33+,34+,35-,36-,40+/m1/s1. The minimum Gasteiger partial charge on any atom is -0.455 e. The second-order valence-corrected chi connectivity index (χ2v) is 14.3. The first kappa shape index (κ1) is 37.0. The molecule has 10 nitrogen and oxygen atoms in total.